The predicted molar refractivity (Wildman–Crippen MR) is 71.3 cm³/mol. The molecule has 0 radical (unpaired) electrons. The van der Waals surface area contributed by atoms with Gasteiger partial charge in [0.25, 0.3) is 0 Å². The van der Waals surface area contributed by atoms with E-state index in [0.29, 0.717) is 12.8 Å². The molecule has 94 valence electrons. The van der Waals surface area contributed by atoms with Crippen LogP contribution in [-0.2, 0) is 9.09 Å². The van der Waals surface area contributed by atoms with Crippen molar-refractivity contribution in [1.82, 2.24) is 0 Å². The fraction of sp³-hybridized carbons (Fsp3) is 0.500. The summed E-state index contributed by atoms with van der Waals surface area (Å²) in [5, 5.41) is 0. The second kappa shape index (κ2) is 6.50. The van der Waals surface area contributed by atoms with Gasteiger partial charge in [0, 0.05) is 9.46 Å². The molecule has 0 bridgehead atoms. The highest BCUT2D eigenvalue weighted by Crippen LogP contribution is 2.44. The highest BCUT2D eigenvalue weighted by Gasteiger charge is 2.38. The Morgan fingerprint density at radius 3 is 2.24 bits per heavy atom. The van der Waals surface area contributed by atoms with E-state index in [4.69, 9.17) is 9.42 Å². The third kappa shape index (κ3) is 4.40. The van der Waals surface area contributed by atoms with Crippen LogP contribution in [0.4, 0.5) is 0 Å². The first-order valence-electron chi connectivity index (χ1n) is 5.62. The smallest absolute Gasteiger partial charge is 0.133 e. The summed E-state index contributed by atoms with van der Waals surface area (Å²) in [6, 6.07) is 8.07. The lowest BCUT2D eigenvalue weighted by Gasteiger charge is -2.23. The molecule has 0 spiro atoms. The summed E-state index contributed by atoms with van der Waals surface area (Å²) >= 11 is 1.51. The van der Waals surface area contributed by atoms with E-state index in [-0.39, 0.29) is 0 Å². The lowest BCUT2D eigenvalue weighted by Crippen LogP contribution is -2.23. The maximum absolute atomic E-state index is 10.9. The molecule has 0 saturated carbocycles. The first-order valence-corrected chi connectivity index (χ1v) is 7.57. The molecule has 0 aliphatic heterocycles. The van der Waals surface area contributed by atoms with Crippen molar-refractivity contribution in [3.05, 3.63) is 29.8 Å². The van der Waals surface area contributed by atoms with Crippen LogP contribution in [0.3, 0.4) is 0 Å². The number of thioether (sulfide) groups is 1. The number of hydrogen-bond acceptors (Lipinski definition) is 3. The molecule has 1 atom stereocenters. The summed E-state index contributed by atoms with van der Waals surface area (Å²) in [5.74, 6) is 0. The normalized spacial score (nSPS) is 12.6. The Labute approximate surface area is 108 Å². The van der Waals surface area contributed by atoms with E-state index in [9.17, 15) is 4.57 Å². The zero-order valence-electron chi connectivity index (χ0n) is 10.3. The third-order valence-electron chi connectivity index (χ3n) is 2.65. The van der Waals surface area contributed by atoms with Crippen LogP contribution in [0.5, 0.6) is 0 Å². The fourth-order valence-corrected chi connectivity index (χ4v) is 3.38. The van der Waals surface area contributed by atoms with E-state index in [1.54, 1.807) is 0 Å². The van der Waals surface area contributed by atoms with Crippen molar-refractivity contribution in [3.8, 4) is 0 Å². The highest BCUT2D eigenvalue weighted by molar-refractivity contribution is 8.00. The van der Waals surface area contributed by atoms with E-state index >= 15 is 0 Å². The van der Waals surface area contributed by atoms with Crippen LogP contribution in [0, 0.1) is 6.92 Å². The van der Waals surface area contributed by atoms with E-state index < -0.39 is 13.2 Å². The van der Waals surface area contributed by atoms with E-state index in [0.717, 1.165) is 4.90 Å². The van der Waals surface area contributed by atoms with Crippen molar-refractivity contribution in [2.24, 2.45) is 0 Å². The van der Waals surface area contributed by atoms with E-state index in [1.165, 1.54) is 17.3 Å². The van der Waals surface area contributed by atoms with Crippen molar-refractivity contribution in [3.63, 3.8) is 0 Å². The number of aryl methyl sites for hydroxylation is 1. The molecular formula is C12H18O3PS+. The zero-order valence-corrected chi connectivity index (χ0v) is 12.1. The van der Waals surface area contributed by atoms with Gasteiger partial charge in [-0.15, -0.1) is 9.42 Å². The van der Waals surface area contributed by atoms with Crippen LogP contribution in [0.15, 0.2) is 29.2 Å². The molecule has 17 heavy (non-hydrogen) atoms. The molecule has 0 saturated heterocycles. The van der Waals surface area contributed by atoms with Crippen molar-refractivity contribution in [2.45, 2.75) is 43.4 Å². The molecule has 0 aliphatic carbocycles. The van der Waals surface area contributed by atoms with Gasteiger partial charge in [0.05, 0.1) is 0 Å². The van der Waals surface area contributed by atoms with Gasteiger partial charge in [-0.05, 0) is 31.9 Å². The number of rotatable bonds is 6. The van der Waals surface area contributed by atoms with Crippen molar-refractivity contribution in [2.75, 3.05) is 0 Å². The Morgan fingerprint density at radius 2 is 1.82 bits per heavy atom. The summed E-state index contributed by atoms with van der Waals surface area (Å²) in [6.45, 7) is 5.95. The van der Waals surface area contributed by atoms with E-state index in [1.807, 2.05) is 45.0 Å². The van der Waals surface area contributed by atoms with Gasteiger partial charge in [-0.25, -0.2) is 0 Å². The average molecular weight is 273 g/mol. The van der Waals surface area contributed by atoms with Gasteiger partial charge in [-0.1, -0.05) is 43.3 Å². The van der Waals surface area contributed by atoms with Crippen LogP contribution in [0.25, 0.3) is 0 Å². The minimum atomic E-state index is -2.57. The lowest BCUT2D eigenvalue weighted by molar-refractivity contribution is 0.147. The van der Waals surface area contributed by atoms with Crippen LogP contribution < -0.4 is 0 Å². The van der Waals surface area contributed by atoms with Crippen molar-refractivity contribution in [1.29, 1.82) is 0 Å². The highest BCUT2D eigenvalue weighted by atomic mass is 32.2. The van der Waals surface area contributed by atoms with Gasteiger partial charge in [0.1, 0.15) is 0 Å². The molecule has 5 heteroatoms. The minimum Gasteiger partial charge on any atom is -0.133 e. The minimum absolute atomic E-state index is 0.614. The summed E-state index contributed by atoms with van der Waals surface area (Å²) in [5.41, 5.74) is 1.20. The zero-order chi connectivity index (χ0) is 12.9. The lowest BCUT2D eigenvalue weighted by atomic mass is 10.2. The first-order chi connectivity index (χ1) is 8.01. The Bertz CT molecular complexity index is 374. The predicted octanol–water partition coefficient (Wildman–Crippen LogP) is 4.27. The van der Waals surface area contributed by atoms with Crippen molar-refractivity contribution >= 4 is 20.0 Å². The first kappa shape index (κ1) is 14.7. The topological polar surface area (TPSA) is 46.5 Å². The third-order valence-corrected chi connectivity index (χ3v) is 4.82. The Hall–Kier alpha value is -0.410. The SMILES string of the molecule is CCC(CC)(O[P+](=O)O)Sc1ccc(C)cc1. The Morgan fingerprint density at radius 1 is 1.29 bits per heavy atom. The van der Waals surface area contributed by atoms with Crippen LogP contribution in [0.2, 0.25) is 0 Å². The summed E-state index contributed by atoms with van der Waals surface area (Å²) in [4.78, 5) is 9.38. The molecule has 3 nitrogen and oxygen atoms in total. The molecule has 1 unspecified atom stereocenters. The molecule has 0 heterocycles. The Kier molecular flexibility index (Phi) is 5.60. The molecule has 1 rings (SSSR count). The maximum atomic E-state index is 10.9. The molecule has 0 fully saturated rings. The van der Waals surface area contributed by atoms with E-state index in [2.05, 4.69) is 0 Å². The number of hydrogen-bond donors (Lipinski definition) is 1. The maximum Gasteiger partial charge on any atom is 0.696 e. The summed E-state index contributed by atoms with van der Waals surface area (Å²) in [7, 11) is -2.57. The largest absolute Gasteiger partial charge is 0.696 e. The van der Waals surface area contributed by atoms with Gasteiger partial charge >= 0.3 is 8.25 Å². The second-order valence-corrected chi connectivity index (χ2v) is 5.94. The second-order valence-electron chi connectivity index (χ2n) is 3.86. The Balaban J connectivity index is 2.85. The van der Waals surface area contributed by atoms with Gasteiger partial charge in [0.15, 0.2) is 4.93 Å². The molecule has 0 amide bonds. The van der Waals surface area contributed by atoms with Crippen LogP contribution in [0.1, 0.15) is 32.3 Å². The van der Waals surface area contributed by atoms with Crippen LogP contribution >= 0.6 is 20.0 Å². The standard InChI is InChI=1S/C12H17O3PS/c1-4-12(5-2,15-16(13)14)17-11-8-6-10(3)7-9-11/h6-9H,4-5H2,1-3H3/p+1. The molecule has 1 N–H and O–H groups in total. The monoisotopic (exact) mass is 273 g/mol. The quantitative estimate of drug-likeness (QED) is 0.477. The fourth-order valence-electron chi connectivity index (χ4n) is 1.51. The molecule has 1 aromatic rings. The van der Waals surface area contributed by atoms with Crippen LogP contribution in [-0.4, -0.2) is 9.83 Å². The molecule has 1 aromatic carbocycles. The molecule has 0 aromatic heterocycles. The molecule has 0 aliphatic rings. The van der Waals surface area contributed by atoms with Gasteiger partial charge in [-0.2, -0.15) is 0 Å². The van der Waals surface area contributed by atoms with Gasteiger partial charge in [0.2, 0.25) is 0 Å². The van der Waals surface area contributed by atoms with Gasteiger partial charge in [-0.3, -0.25) is 0 Å². The number of benzene rings is 1. The average Bonchev–Trinajstić information content (AvgIpc) is 2.30. The summed E-state index contributed by atoms with van der Waals surface area (Å²) < 4.78 is 16.1. The van der Waals surface area contributed by atoms with Crippen molar-refractivity contribution < 1.29 is 14.0 Å². The summed E-state index contributed by atoms with van der Waals surface area (Å²) in [6.07, 6.45) is 1.37. The molecular weight excluding hydrogens is 255 g/mol. The van der Waals surface area contributed by atoms with Gasteiger partial charge < -0.3 is 0 Å².